The Bertz CT molecular complexity index is 1480. The molecule has 1 aliphatic rings. The van der Waals surface area contributed by atoms with Crippen molar-refractivity contribution in [3.8, 4) is 0 Å². The Labute approximate surface area is 208 Å². The predicted molar refractivity (Wildman–Crippen MR) is 140 cm³/mol. The normalized spacial score (nSPS) is 13.5. The Balaban J connectivity index is 1.46. The molecule has 0 aromatic heterocycles. The zero-order valence-corrected chi connectivity index (χ0v) is 20.3. The molecule has 0 saturated carbocycles. The smallest absolute Gasteiger partial charge is 0.259 e. The van der Waals surface area contributed by atoms with Gasteiger partial charge in [-0.15, -0.1) is 0 Å². The number of nitrogens with zero attached hydrogens (tertiary/aromatic N) is 1. The molecule has 0 saturated heterocycles. The van der Waals surface area contributed by atoms with Crippen molar-refractivity contribution in [2.24, 2.45) is 0 Å². The summed E-state index contributed by atoms with van der Waals surface area (Å²) in [5.41, 5.74) is 3.18. The lowest BCUT2D eigenvalue weighted by atomic mass is 9.95. The maximum Gasteiger partial charge on any atom is 0.259 e. The molecule has 6 heteroatoms. The van der Waals surface area contributed by atoms with Gasteiger partial charge in [-0.25, -0.2) is 0 Å². The minimum absolute atomic E-state index is 0.0768. The van der Waals surface area contributed by atoms with E-state index >= 15 is 0 Å². The number of aldehydes is 1. The Kier molecular flexibility index (Phi) is 6.14. The van der Waals surface area contributed by atoms with Crippen molar-refractivity contribution < 1.29 is 14.4 Å². The highest BCUT2D eigenvalue weighted by Crippen LogP contribution is 2.41. The lowest BCUT2D eigenvalue weighted by Crippen LogP contribution is -2.31. The maximum absolute atomic E-state index is 13.2. The molecule has 0 fully saturated rings. The summed E-state index contributed by atoms with van der Waals surface area (Å²) in [6.07, 6.45) is 0.850. The molecule has 5 rings (SSSR count). The van der Waals surface area contributed by atoms with Crippen molar-refractivity contribution in [3.05, 3.63) is 101 Å². The van der Waals surface area contributed by atoms with Crippen LogP contribution >= 0.6 is 11.8 Å². The van der Waals surface area contributed by atoms with Crippen LogP contribution in [-0.4, -0.2) is 24.6 Å². The van der Waals surface area contributed by atoms with E-state index in [9.17, 15) is 14.4 Å². The first kappa shape index (κ1) is 22.9. The highest BCUT2D eigenvalue weighted by molar-refractivity contribution is 7.99. The third-order valence-corrected chi connectivity index (χ3v) is 7.49. The van der Waals surface area contributed by atoms with E-state index in [2.05, 4.69) is 5.32 Å². The summed E-state index contributed by atoms with van der Waals surface area (Å²) in [6.45, 7) is 4.28. The Morgan fingerprint density at radius 2 is 1.77 bits per heavy atom. The molecule has 4 aromatic rings. The van der Waals surface area contributed by atoms with Gasteiger partial charge in [0, 0.05) is 27.5 Å². The summed E-state index contributed by atoms with van der Waals surface area (Å²) in [4.78, 5) is 42.0. The molecular formula is C29H24N2O3S. The SMILES string of the molecule is CCN1C(=O)c2ccccc2Sc2ccc(C(=O)N[C@H](C)c3ccc4ccccc4c3C=O)cc21. The fourth-order valence-electron chi connectivity index (χ4n) is 4.55. The zero-order chi connectivity index (χ0) is 24.5. The molecule has 1 atom stereocenters. The molecule has 1 aliphatic heterocycles. The van der Waals surface area contributed by atoms with Gasteiger partial charge >= 0.3 is 0 Å². The van der Waals surface area contributed by atoms with Crippen molar-refractivity contribution in [1.29, 1.82) is 0 Å². The number of nitrogens with one attached hydrogen (secondary N) is 1. The minimum atomic E-state index is -0.381. The number of amides is 2. The van der Waals surface area contributed by atoms with Crippen LogP contribution < -0.4 is 10.2 Å². The molecule has 1 N–H and O–H groups in total. The molecule has 0 spiro atoms. The lowest BCUT2D eigenvalue weighted by molar-refractivity contribution is 0.0936. The predicted octanol–water partition coefficient (Wildman–Crippen LogP) is 6.27. The van der Waals surface area contributed by atoms with Gasteiger partial charge in [-0.3, -0.25) is 14.4 Å². The Morgan fingerprint density at radius 3 is 2.57 bits per heavy atom. The summed E-state index contributed by atoms with van der Waals surface area (Å²) in [6, 6.07) is 24.2. The first-order valence-corrected chi connectivity index (χ1v) is 12.3. The first-order chi connectivity index (χ1) is 17.0. The molecule has 0 radical (unpaired) electrons. The number of rotatable bonds is 5. The molecule has 5 nitrogen and oxygen atoms in total. The topological polar surface area (TPSA) is 66.5 Å². The Hall–Kier alpha value is -3.90. The van der Waals surface area contributed by atoms with Crippen LogP contribution in [0.2, 0.25) is 0 Å². The monoisotopic (exact) mass is 480 g/mol. The van der Waals surface area contributed by atoms with Crippen LogP contribution in [0.25, 0.3) is 10.8 Å². The van der Waals surface area contributed by atoms with Gasteiger partial charge in [-0.05, 0) is 60.5 Å². The van der Waals surface area contributed by atoms with Crippen LogP contribution in [-0.2, 0) is 0 Å². The van der Waals surface area contributed by atoms with E-state index < -0.39 is 0 Å². The molecule has 1 heterocycles. The average Bonchev–Trinajstić information content (AvgIpc) is 3.00. The van der Waals surface area contributed by atoms with Gasteiger partial charge in [0.05, 0.1) is 17.3 Å². The number of benzene rings is 4. The molecule has 2 amide bonds. The molecular weight excluding hydrogens is 456 g/mol. The number of hydrogen-bond acceptors (Lipinski definition) is 4. The van der Waals surface area contributed by atoms with E-state index in [1.165, 1.54) is 11.8 Å². The summed E-state index contributed by atoms with van der Waals surface area (Å²) in [7, 11) is 0. The number of carbonyl (C=O) groups excluding carboxylic acids is 3. The van der Waals surface area contributed by atoms with E-state index in [1.54, 1.807) is 17.0 Å². The van der Waals surface area contributed by atoms with Crippen molar-refractivity contribution in [2.75, 3.05) is 11.4 Å². The van der Waals surface area contributed by atoms with Gasteiger partial charge < -0.3 is 10.2 Å². The summed E-state index contributed by atoms with van der Waals surface area (Å²) in [5, 5.41) is 4.87. The Morgan fingerprint density at radius 1 is 1.00 bits per heavy atom. The van der Waals surface area contributed by atoms with Gasteiger partial charge in [0.25, 0.3) is 11.8 Å². The molecule has 174 valence electrons. The van der Waals surface area contributed by atoms with Crippen LogP contribution in [0.1, 0.15) is 56.5 Å². The van der Waals surface area contributed by atoms with Gasteiger partial charge in [-0.2, -0.15) is 0 Å². The second kappa shape index (κ2) is 9.39. The van der Waals surface area contributed by atoms with Crippen LogP contribution in [0.4, 0.5) is 5.69 Å². The van der Waals surface area contributed by atoms with Crippen LogP contribution in [0.5, 0.6) is 0 Å². The van der Waals surface area contributed by atoms with Crippen molar-refractivity contribution >= 4 is 46.3 Å². The fourth-order valence-corrected chi connectivity index (χ4v) is 5.61. The summed E-state index contributed by atoms with van der Waals surface area (Å²) in [5.74, 6) is -0.340. The standard InChI is InChI=1S/C29H24N2O3S/c1-3-31-25-16-20(13-15-27(25)35-26-11-7-6-10-23(26)29(31)34)28(33)30-18(2)21-14-12-19-8-4-5-9-22(19)24(21)17-32/h4-18H,3H2,1-2H3,(H,30,33)/t18-/m1/s1. The number of anilines is 1. The van der Waals surface area contributed by atoms with E-state index in [-0.39, 0.29) is 17.9 Å². The average molecular weight is 481 g/mol. The van der Waals surface area contributed by atoms with Crippen molar-refractivity contribution in [1.82, 2.24) is 5.32 Å². The van der Waals surface area contributed by atoms with Crippen LogP contribution in [0, 0.1) is 0 Å². The van der Waals surface area contributed by atoms with E-state index in [0.29, 0.717) is 23.2 Å². The number of carbonyl (C=O) groups is 3. The van der Waals surface area contributed by atoms with E-state index in [4.69, 9.17) is 0 Å². The second-order valence-electron chi connectivity index (χ2n) is 8.43. The van der Waals surface area contributed by atoms with E-state index in [1.807, 2.05) is 80.6 Å². The molecule has 0 unspecified atom stereocenters. The first-order valence-electron chi connectivity index (χ1n) is 11.5. The van der Waals surface area contributed by atoms with Crippen LogP contribution in [0.3, 0.4) is 0 Å². The molecule has 0 aliphatic carbocycles. The van der Waals surface area contributed by atoms with Gasteiger partial charge in [-0.1, -0.05) is 60.3 Å². The maximum atomic E-state index is 13.2. The number of hydrogen-bond donors (Lipinski definition) is 1. The molecule has 0 bridgehead atoms. The zero-order valence-electron chi connectivity index (χ0n) is 19.4. The molecule has 4 aromatic carbocycles. The quantitative estimate of drug-likeness (QED) is 0.342. The van der Waals surface area contributed by atoms with Crippen LogP contribution in [0.15, 0.2) is 88.7 Å². The van der Waals surface area contributed by atoms with Crippen molar-refractivity contribution in [2.45, 2.75) is 29.7 Å². The number of fused-ring (bicyclic) bond motifs is 3. The molecule has 35 heavy (non-hydrogen) atoms. The largest absolute Gasteiger partial charge is 0.345 e. The fraction of sp³-hybridized carbons (Fsp3) is 0.138. The summed E-state index contributed by atoms with van der Waals surface area (Å²) >= 11 is 1.53. The van der Waals surface area contributed by atoms with E-state index in [0.717, 1.165) is 38.1 Å². The van der Waals surface area contributed by atoms with Gasteiger partial charge in [0.1, 0.15) is 0 Å². The third-order valence-electron chi connectivity index (χ3n) is 6.35. The highest BCUT2D eigenvalue weighted by Gasteiger charge is 2.27. The lowest BCUT2D eigenvalue weighted by Gasteiger charge is -2.22. The highest BCUT2D eigenvalue weighted by atomic mass is 32.2. The van der Waals surface area contributed by atoms with Crippen molar-refractivity contribution in [3.63, 3.8) is 0 Å². The third kappa shape index (κ3) is 4.10. The summed E-state index contributed by atoms with van der Waals surface area (Å²) < 4.78 is 0. The minimum Gasteiger partial charge on any atom is -0.345 e. The second-order valence-corrected chi connectivity index (χ2v) is 9.52. The van der Waals surface area contributed by atoms with Gasteiger partial charge in [0.15, 0.2) is 6.29 Å². The van der Waals surface area contributed by atoms with Gasteiger partial charge in [0.2, 0.25) is 0 Å².